The van der Waals surface area contributed by atoms with Crippen molar-refractivity contribution >= 4 is 32.7 Å². The third-order valence-electron chi connectivity index (χ3n) is 5.64. The van der Waals surface area contributed by atoms with Gasteiger partial charge in [0.05, 0.1) is 25.3 Å². The number of methoxy groups -OCH3 is 2. The van der Waals surface area contributed by atoms with Crippen LogP contribution in [0.4, 0.5) is 5.69 Å². The fraction of sp³-hybridized carbons (Fsp3) is 0.364. The van der Waals surface area contributed by atoms with Crippen molar-refractivity contribution in [3.8, 4) is 11.5 Å². The second-order valence-corrected chi connectivity index (χ2v) is 9.31. The van der Waals surface area contributed by atoms with Crippen LogP contribution in [0.5, 0.6) is 11.5 Å². The molecule has 0 unspecified atom stereocenters. The summed E-state index contributed by atoms with van der Waals surface area (Å²) < 4.78 is 41.2. The highest BCUT2D eigenvalue weighted by molar-refractivity contribution is 7.89. The van der Waals surface area contributed by atoms with Crippen LogP contribution in [-0.4, -0.2) is 51.2 Å². The molecular formula is C22H26N4O5S. The number of benzene rings is 2. The first-order chi connectivity index (χ1) is 15.3. The number of rotatable bonds is 8. The minimum absolute atomic E-state index is 0.00642. The molecular weight excluding hydrogens is 432 g/mol. The zero-order valence-electron chi connectivity index (χ0n) is 18.3. The number of sulfonamides is 1. The fourth-order valence-electron chi connectivity index (χ4n) is 3.92. The van der Waals surface area contributed by atoms with Crippen molar-refractivity contribution in [2.45, 2.75) is 24.2 Å². The van der Waals surface area contributed by atoms with Gasteiger partial charge in [0, 0.05) is 44.7 Å². The van der Waals surface area contributed by atoms with Crippen LogP contribution in [0.15, 0.2) is 41.3 Å². The van der Waals surface area contributed by atoms with Gasteiger partial charge in [-0.05, 0) is 36.8 Å². The van der Waals surface area contributed by atoms with Crippen molar-refractivity contribution < 1.29 is 22.7 Å². The van der Waals surface area contributed by atoms with E-state index in [0.717, 1.165) is 23.3 Å². The van der Waals surface area contributed by atoms with Crippen molar-refractivity contribution in [2.75, 3.05) is 32.2 Å². The molecule has 0 spiro atoms. The number of amides is 1. The van der Waals surface area contributed by atoms with Gasteiger partial charge in [-0.15, -0.1) is 0 Å². The predicted octanol–water partition coefficient (Wildman–Crippen LogP) is 2.24. The maximum Gasteiger partial charge on any atom is 0.244 e. The van der Waals surface area contributed by atoms with E-state index in [1.807, 2.05) is 29.8 Å². The number of imidazole rings is 1. The molecule has 1 fully saturated rings. The molecule has 10 heteroatoms. The standard InChI is InChI=1S/C22H26N4O5S/c1-25-18-8-7-16(30-2)14-17(18)24-21(25)10-11-23-32(28,29)20-13-15(6-9-19(20)31-3)26-12-4-5-22(26)27/h6-9,13-14,23H,4-5,10-12H2,1-3H3. The van der Waals surface area contributed by atoms with Crippen molar-refractivity contribution in [1.82, 2.24) is 14.3 Å². The van der Waals surface area contributed by atoms with Gasteiger partial charge in [-0.3, -0.25) is 4.79 Å². The summed E-state index contributed by atoms with van der Waals surface area (Å²) in [6, 6.07) is 10.4. The van der Waals surface area contributed by atoms with Gasteiger partial charge in [0.25, 0.3) is 0 Å². The molecule has 9 nitrogen and oxygen atoms in total. The fourth-order valence-corrected chi connectivity index (χ4v) is 5.14. The lowest BCUT2D eigenvalue weighted by Gasteiger charge is -2.18. The van der Waals surface area contributed by atoms with E-state index in [1.165, 1.54) is 13.2 Å². The van der Waals surface area contributed by atoms with Gasteiger partial charge < -0.3 is 18.9 Å². The van der Waals surface area contributed by atoms with Crippen LogP contribution in [0.3, 0.4) is 0 Å². The Bertz CT molecular complexity index is 1270. The summed E-state index contributed by atoms with van der Waals surface area (Å²) >= 11 is 0. The Morgan fingerprint density at radius 3 is 2.62 bits per heavy atom. The van der Waals surface area contributed by atoms with E-state index in [4.69, 9.17) is 9.47 Å². The SMILES string of the molecule is COc1ccc2c(c1)nc(CCNS(=O)(=O)c1cc(N3CCCC3=O)ccc1OC)n2C. The van der Waals surface area contributed by atoms with Gasteiger partial charge in [-0.25, -0.2) is 18.1 Å². The van der Waals surface area contributed by atoms with Crippen LogP contribution >= 0.6 is 0 Å². The van der Waals surface area contributed by atoms with Crippen molar-refractivity contribution in [3.05, 3.63) is 42.2 Å². The first-order valence-electron chi connectivity index (χ1n) is 10.3. The second kappa shape index (κ2) is 8.79. The third kappa shape index (κ3) is 4.15. The Kier molecular flexibility index (Phi) is 6.07. The quantitative estimate of drug-likeness (QED) is 0.555. The van der Waals surface area contributed by atoms with Crippen LogP contribution < -0.4 is 19.1 Å². The number of nitrogens with zero attached hydrogens (tertiary/aromatic N) is 3. The number of hydrogen-bond acceptors (Lipinski definition) is 6. The first kappa shape index (κ1) is 22.1. The Labute approximate surface area is 187 Å². The highest BCUT2D eigenvalue weighted by Crippen LogP contribution is 2.31. The monoisotopic (exact) mass is 458 g/mol. The summed E-state index contributed by atoms with van der Waals surface area (Å²) in [5, 5.41) is 0. The normalized spacial score (nSPS) is 14.3. The van der Waals surface area contributed by atoms with Crippen LogP contribution in [-0.2, 0) is 28.3 Å². The van der Waals surface area contributed by atoms with Crippen molar-refractivity contribution in [3.63, 3.8) is 0 Å². The van der Waals surface area contributed by atoms with Gasteiger partial charge in [-0.2, -0.15) is 0 Å². The number of hydrogen-bond donors (Lipinski definition) is 1. The number of aromatic nitrogens is 2. The zero-order chi connectivity index (χ0) is 22.9. The van der Waals surface area contributed by atoms with Crippen LogP contribution in [0, 0.1) is 0 Å². The molecule has 32 heavy (non-hydrogen) atoms. The molecule has 0 saturated carbocycles. The highest BCUT2D eigenvalue weighted by Gasteiger charge is 2.26. The molecule has 1 saturated heterocycles. The number of ether oxygens (including phenoxy) is 2. The summed E-state index contributed by atoms with van der Waals surface area (Å²) in [6.45, 7) is 0.738. The number of anilines is 1. The molecule has 1 aliphatic heterocycles. The van der Waals surface area contributed by atoms with Crippen LogP contribution in [0.25, 0.3) is 11.0 Å². The van der Waals surface area contributed by atoms with E-state index < -0.39 is 10.0 Å². The summed E-state index contributed by atoms with van der Waals surface area (Å²) in [5.41, 5.74) is 2.28. The lowest BCUT2D eigenvalue weighted by molar-refractivity contribution is -0.117. The molecule has 170 valence electrons. The first-order valence-corrected chi connectivity index (χ1v) is 11.8. The summed E-state index contributed by atoms with van der Waals surface area (Å²) in [4.78, 5) is 18.3. The predicted molar refractivity (Wildman–Crippen MR) is 121 cm³/mol. The van der Waals surface area contributed by atoms with E-state index >= 15 is 0 Å². The molecule has 2 aromatic carbocycles. The maximum absolute atomic E-state index is 13.1. The van der Waals surface area contributed by atoms with Crippen LogP contribution in [0.2, 0.25) is 0 Å². The molecule has 4 rings (SSSR count). The molecule has 2 heterocycles. The maximum atomic E-state index is 13.1. The van der Waals surface area contributed by atoms with E-state index in [2.05, 4.69) is 9.71 Å². The highest BCUT2D eigenvalue weighted by atomic mass is 32.2. The molecule has 1 N–H and O–H groups in total. The number of aryl methyl sites for hydroxylation is 1. The van der Waals surface area contributed by atoms with Gasteiger partial charge in [0.1, 0.15) is 22.2 Å². The lowest BCUT2D eigenvalue weighted by atomic mass is 10.3. The second-order valence-electron chi connectivity index (χ2n) is 7.57. The molecule has 1 aliphatic rings. The molecule has 0 aliphatic carbocycles. The Morgan fingerprint density at radius 1 is 1.12 bits per heavy atom. The van der Waals surface area contributed by atoms with Gasteiger partial charge in [0.15, 0.2) is 0 Å². The minimum atomic E-state index is -3.87. The average molecular weight is 459 g/mol. The molecule has 0 radical (unpaired) electrons. The van der Waals surface area contributed by atoms with Crippen molar-refractivity contribution in [1.29, 1.82) is 0 Å². The average Bonchev–Trinajstić information content (AvgIpc) is 3.35. The minimum Gasteiger partial charge on any atom is -0.497 e. The van der Waals surface area contributed by atoms with E-state index in [1.54, 1.807) is 24.1 Å². The number of carbonyl (C=O) groups excluding carboxylic acids is 1. The third-order valence-corrected chi connectivity index (χ3v) is 7.13. The number of fused-ring (bicyclic) bond motifs is 1. The summed E-state index contributed by atoms with van der Waals surface area (Å²) in [5.74, 6) is 1.68. The Balaban J connectivity index is 1.53. The molecule has 1 amide bonds. The van der Waals surface area contributed by atoms with E-state index in [-0.39, 0.29) is 23.1 Å². The molecule has 1 aromatic heterocycles. The molecule has 0 bridgehead atoms. The zero-order valence-corrected chi connectivity index (χ0v) is 19.1. The molecule has 0 atom stereocenters. The van der Waals surface area contributed by atoms with Crippen molar-refractivity contribution in [2.24, 2.45) is 7.05 Å². The topological polar surface area (TPSA) is 103 Å². The largest absolute Gasteiger partial charge is 0.497 e. The Hall–Kier alpha value is -3.11. The Morgan fingerprint density at radius 2 is 1.94 bits per heavy atom. The van der Waals surface area contributed by atoms with E-state index in [9.17, 15) is 13.2 Å². The molecule has 3 aromatic rings. The smallest absolute Gasteiger partial charge is 0.244 e. The number of nitrogens with one attached hydrogen (secondary N) is 1. The number of carbonyl (C=O) groups is 1. The van der Waals surface area contributed by atoms with Crippen LogP contribution in [0.1, 0.15) is 18.7 Å². The van der Waals surface area contributed by atoms with E-state index in [0.29, 0.717) is 30.8 Å². The van der Waals surface area contributed by atoms with Gasteiger partial charge in [-0.1, -0.05) is 0 Å². The lowest BCUT2D eigenvalue weighted by Crippen LogP contribution is -2.28. The summed E-state index contributed by atoms with van der Waals surface area (Å²) in [6.07, 6.45) is 1.63. The summed E-state index contributed by atoms with van der Waals surface area (Å²) in [7, 11) is 1.05. The van der Waals surface area contributed by atoms with Gasteiger partial charge in [0.2, 0.25) is 15.9 Å². The van der Waals surface area contributed by atoms with Gasteiger partial charge >= 0.3 is 0 Å².